The van der Waals surface area contributed by atoms with Crippen molar-refractivity contribution >= 4 is 5.97 Å². The van der Waals surface area contributed by atoms with E-state index >= 15 is 0 Å². The number of carboxylic acids is 1. The summed E-state index contributed by atoms with van der Waals surface area (Å²) in [5.74, 6) is 5.11. The predicted molar refractivity (Wildman–Crippen MR) is 110 cm³/mol. The van der Waals surface area contributed by atoms with Gasteiger partial charge in [0.2, 0.25) is 5.82 Å². The molecule has 0 aliphatic heterocycles. The molecule has 0 atom stereocenters. The molecule has 0 fully saturated rings. The molecule has 8 heteroatoms. The van der Waals surface area contributed by atoms with Crippen molar-refractivity contribution in [1.29, 1.82) is 0 Å². The van der Waals surface area contributed by atoms with Crippen LogP contribution in [-0.2, 0) is 6.18 Å². The van der Waals surface area contributed by atoms with Gasteiger partial charge in [0, 0.05) is 22.3 Å². The highest BCUT2D eigenvalue weighted by Crippen LogP contribution is 2.29. The molecular formula is C24H13F3N2O3. The number of benzene rings is 3. The third-order valence-electron chi connectivity index (χ3n) is 4.49. The van der Waals surface area contributed by atoms with E-state index in [1.165, 1.54) is 24.3 Å². The van der Waals surface area contributed by atoms with E-state index in [1.807, 2.05) is 0 Å². The number of carboxylic acid groups (broad SMARTS) is 1. The van der Waals surface area contributed by atoms with Gasteiger partial charge in [0.25, 0.3) is 5.89 Å². The van der Waals surface area contributed by atoms with Crippen LogP contribution in [-0.4, -0.2) is 21.2 Å². The molecule has 0 aliphatic rings. The number of aromatic nitrogens is 2. The van der Waals surface area contributed by atoms with E-state index in [9.17, 15) is 18.0 Å². The molecule has 3 aromatic carbocycles. The molecule has 1 heterocycles. The van der Waals surface area contributed by atoms with Crippen LogP contribution in [0.4, 0.5) is 13.2 Å². The number of alkyl halides is 3. The van der Waals surface area contributed by atoms with Gasteiger partial charge in [-0.25, -0.2) is 4.79 Å². The lowest BCUT2D eigenvalue weighted by molar-refractivity contribution is -0.137. The molecule has 0 radical (unpaired) electrons. The number of aromatic carboxylic acids is 1. The maximum atomic E-state index is 12.8. The normalized spacial score (nSPS) is 11.0. The van der Waals surface area contributed by atoms with Crippen LogP contribution < -0.4 is 0 Å². The fourth-order valence-corrected chi connectivity index (χ4v) is 2.83. The second kappa shape index (κ2) is 8.40. The molecule has 4 rings (SSSR count). The molecule has 0 aliphatic carbocycles. The maximum absolute atomic E-state index is 12.8. The van der Waals surface area contributed by atoms with Crippen LogP contribution in [0, 0.1) is 11.8 Å². The summed E-state index contributed by atoms with van der Waals surface area (Å²) in [5, 5.41) is 12.9. The Hall–Kier alpha value is -4.38. The van der Waals surface area contributed by atoms with Gasteiger partial charge in [-0.05, 0) is 66.7 Å². The summed E-state index contributed by atoms with van der Waals surface area (Å²) in [5.41, 5.74) is 1.52. The molecule has 5 nitrogen and oxygen atoms in total. The maximum Gasteiger partial charge on any atom is 0.416 e. The minimum Gasteiger partial charge on any atom is -0.478 e. The van der Waals surface area contributed by atoms with Gasteiger partial charge >= 0.3 is 12.1 Å². The molecule has 4 aromatic rings. The van der Waals surface area contributed by atoms with Crippen molar-refractivity contribution in [3.05, 3.63) is 95.1 Å². The van der Waals surface area contributed by atoms with E-state index in [2.05, 4.69) is 22.0 Å². The standard InChI is InChI=1S/C24H13F3N2O3/c25-24(26,27)20-3-1-2-16(14-20)5-4-15-6-8-17(9-7-15)21-28-22(32-29-21)18-10-12-19(13-11-18)23(30)31/h1-3,6-14H,(H,30,31). The number of carbonyl (C=O) groups is 1. The highest BCUT2D eigenvalue weighted by atomic mass is 19.4. The Balaban J connectivity index is 1.51. The van der Waals surface area contributed by atoms with Crippen LogP contribution in [0.15, 0.2) is 77.3 Å². The molecule has 1 N–H and O–H groups in total. The van der Waals surface area contributed by atoms with Crippen LogP contribution in [0.2, 0.25) is 0 Å². The zero-order valence-electron chi connectivity index (χ0n) is 16.2. The lowest BCUT2D eigenvalue weighted by Gasteiger charge is -2.05. The predicted octanol–water partition coefficient (Wildman–Crippen LogP) is 5.52. The van der Waals surface area contributed by atoms with E-state index in [1.54, 1.807) is 36.4 Å². The van der Waals surface area contributed by atoms with Crippen molar-refractivity contribution in [2.24, 2.45) is 0 Å². The van der Waals surface area contributed by atoms with Gasteiger partial charge in [-0.2, -0.15) is 18.2 Å². The van der Waals surface area contributed by atoms with Crippen LogP contribution in [0.5, 0.6) is 0 Å². The Bertz CT molecular complexity index is 1330. The number of rotatable bonds is 3. The SMILES string of the molecule is O=C(O)c1ccc(-c2nc(-c3ccc(C#Cc4cccc(C(F)(F)F)c4)cc3)no2)cc1. The van der Waals surface area contributed by atoms with Crippen molar-refractivity contribution < 1.29 is 27.6 Å². The highest BCUT2D eigenvalue weighted by molar-refractivity contribution is 5.88. The zero-order valence-corrected chi connectivity index (χ0v) is 16.2. The minimum absolute atomic E-state index is 0.148. The minimum atomic E-state index is -4.42. The Kier molecular flexibility index (Phi) is 5.48. The van der Waals surface area contributed by atoms with E-state index in [-0.39, 0.29) is 17.0 Å². The molecular weight excluding hydrogens is 421 g/mol. The first-order chi connectivity index (χ1) is 15.3. The number of hydrogen-bond acceptors (Lipinski definition) is 4. The summed E-state index contributed by atoms with van der Waals surface area (Å²) >= 11 is 0. The summed E-state index contributed by atoms with van der Waals surface area (Å²) < 4.78 is 43.7. The molecule has 0 spiro atoms. The quantitative estimate of drug-likeness (QED) is 0.430. The van der Waals surface area contributed by atoms with Crippen LogP contribution in [0.1, 0.15) is 27.0 Å². The van der Waals surface area contributed by atoms with Gasteiger partial charge in [-0.1, -0.05) is 23.1 Å². The monoisotopic (exact) mass is 434 g/mol. The molecule has 0 unspecified atom stereocenters. The third kappa shape index (κ3) is 4.68. The first kappa shape index (κ1) is 20.9. The number of nitrogens with zero attached hydrogens (tertiary/aromatic N) is 2. The van der Waals surface area contributed by atoms with Gasteiger partial charge in [0.15, 0.2) is 0 Å². The number of hydrogen-bond donors (Lipinski definition) is 1. The molecule has 0 saturated heterocycles. The Morgan fingerprint density at radius 1 is 0.875 bits per heavy atom. The molecule has 32 heavy (non-hydrogen) atoms. The Morgan fingerprint density at radius 2 is 1.53 bits per heavy atom. The van der Waals surface area contributed by atoms with E-state index in [4.69, 9.17) is 9.63 Å². The molecule has 0 amide bonds. The summed E-state index contributed by atoms with van der Waals surface area (Å²) in [6, 6.07) is 17.7. The average Bonchev–Trinajstić information content (AvgIpc) is 3.28. The summed E-state index contributed by atoms with van der Waals surface area (Å²) in [6.07, 6.45) is -4.42. The van der Waals surface area contributed by atoms with Gasteiger partial charge < -0.3 is 9.63 Å². The fourth-order valence-electron chi connectivity index (χ4n) is 2.83. The highest BCUT2D eigenvalue weighted by Gasteiger charge is 2.30. The fraction of sp³-hybridized carbons (Fsp3) is 0.0417. The van der Waals surface area contributed by atoms with Crippen molar-refractivity contribution in [2.45, 2.75) is 6.18 Å². The topological polar surface area (TPSA) is 76.2 Å². The Morgan fingerprint density at radius 3 is 2.19 bits per heavy atom. The van der Waals surface area contributed by atoms with E-state index in [0.717, 1.165) is 12.1 Å². The zero-order chi connectivity index (χ0) is 22.7. The largest absolute Gasteiger partial charge is 0.478 e. The smallest absolute Gasteiger partial charge is 0.416 e. The second-order valence-corrected chi connectivity index (χ2v) is 6.71. The summed E-state index contributed by atoms with van der Waals surface area (Å²) in [7, 11) is 0. The first-order valence-corrected chi connectivity index (χ1v) is 9.27. The molecule has 0 bridgehead atoms. The van der Waals surface area contributed by atoms with Crippen LogP contribution >= 0.6 is 0 Å². The van der Waals surface area contributed by atoms with E-state index in [0.29, 0.717) is 22.5 Å². The molecule has 1 aromatic heterocycles. The first-order valence-electron chi connectivity index (χ1n) is 9.27. The van der Waals surface area contributed by atoms with Gasteiger partial charge in [0.1, 0.15) is 0 Å². The van der Waals surface area contributed by atoms with Crippen molar-refractivity contribution in [3.8, 4) is 34.7 Å². The van der Waals surface area contributed by atoms with Crippen LogP contribution in [0.25, 0.3) is 22.8 Å². The lowest BCUT2D eigenvalue weighted by Crippen LogP contribution is -2.04. The van der Waals surface area contributed by atoms with Gasteiger partial charge in [0.05, 0.1) is 11.1 Å². The third-order valence-corrected chi connectivity index (χ3v) is 4.49. The number of halogens is 3. The second-order valence-electron chi connectivity index (χ2n) is 6.71. The van der Waals surface area contributed by atoms with Crippen molar-refractivity contribution in [3.63, 3.8) is 0 Å². The van der Waals surface area contributed by atoms with Gasteiger partial charge in [-0.15, -0.1) is 0 Å². The molecule has 158 valence electrons. The van der Waals surface area contributed by atoms with Gasteiger partial charge in [-0.3, -0.25) is 0 Å². The van der Waals surface area contributed by atoms with E-state index < -0.39 is 17.7 Å². The van der Waals surface area contributed by atoms with Crippen molar-refractivity contribution in [2.75, 3.05) is 0 Å². The Labute approximate surface area is 180 Å². The lowest BCUT2D eigenvalue weighted by atomic mass is 10.1. The van der Waals surface area contributed by atoms with Crippen LogP contribution in [0.3, 0.4) is 0 Å². The van der Waals surface area contributed by atoms with Crippen molar-refractivity contribution in [1.82, 2.24) is 10.1 Å². The summed E-state index contributed by atoms with van der Waals surface area (Å²) in [4.78, 5) is 15.3. The average molecular weight is 434 g/mol. The summed E-state index contributed by atoms with van der Waals surface area (Å²) in [6.45, 7) is 0. The molecule has 0 saturated carbocycles.